The normalized spacial score (nSPS) is 16.7. The Bertz CT molecular complexity index is 843. The quantitative estimate of drug-likeness (QED) is 0.874. The molecule has 1 aromatic heterocycles. The first-order valence-corrected chi connectivity index (χ1v) is 8.19. The molecular weight excluding hydrogens is 324 g/mol. The molecule has 8 heteroatoms. The van der Waals surface area contributed by atoms with Crippen LogP contribution in [0.4, 0.5) is 11.4 Å². The summed E-state index contributed by atoms with van der Waals surface area (Å²) in [6.45, 7) is 1.64. The maximum absolute atomic E-state index is 12.5. The number of benzene rings is 1. The standard InChI is InChI=1S/C17H18N4O4/c22-16-8-13(9-18-20-16)21-5-3-11(4-6-21)17(23)19-12-1-2-14-15(7-12)25-10-24-14/h1-2,7-9,11H,3-6,10H2,(H,19,23)(H,20,22). The lowest BCUT2D eigenvalue weighted by Crippen LogP contribution is -2.38. The number of amides is 1. The van der Waals surface area contributed by atoms with Gasteiger partial charge in [-0.15, -0.1) is 0 Å². The Morgan fingerprint density at radius 3 is 2.80 bits per heavy atom. The number of aromatic nitrogens is 2. The topological polar surface area (TPSA) is 96.6 Å². The van der Waals surface area contributed by atoms with Crippen LogP contribution < -0.4 is 25.2 Å². The van der Waals surface area contributed by atoms with Gasteiger partial charge in [-0.1, -0.05) is 0 Å². The average Bonchev–Trinajstić information content (AvgIpc) is 3.09. The number of nitrogens with zero attached hydrogens (tertiary/aromatic N) is 2. The Kier molecular flexibility index (Phi) is 4.01. The predicted molar refractivity (Wildman–Crippen MR) is 91.0 cm³/mol. The summed E-state index contributed by atoms with van der Waals surface area (Å²) >= 11 is 0. The summed E-state index contributed by atoms with van der Waals surface area (Å²) in [7, 11) is 0. The third-order valence-corrected chi connectivity index (χ3v) is 4.52. The van der Waals surface area contributed by atoms with Gasteiger partial charge in [0.15, 0.2) is 11.5 Å². The van der Waals surface area contributed by atoms with E-state index in [2.05, 4.69) is 20.4 Å². The van der Waals surface area contributed by atoms with Crippen LogP contribution in [0.15, 0.2) is 35.3 Å². The minimum atomic E-state index is -0.222. The Labute approximate surface area is 143 Å². The SMILES string of the molecule is O=C(Nc1ccc2c(c1)OCO2)C1CCN(c2cn[nH]c(=O)c2)CC1. The molecule has 2 aliphatic heterocycles. The second-order valence-corrected chi connectivity index (χ2v) is 6.12. The highest BCUT2D eigenvalue weighted by Crippen LogP contribution is 2.34. The molecule has 130 valence electrons. The first kappa shape index (κ1) is 15.5. The van der Waals surface area contributed by atoms with Gasteiger partial charge < -0.3 is 19.7 Å². The molecule has 25 heavy (non-hydrogen) atoms. The molecule has 1 aromatic carbocycles. The van der Waals surface area contributed by atoms with Crippen molar-refractivity contribution in [2.24, 2.45) is 5.92 Å². The third-order valence-electron chi connectivity index (χ3n) is 4.52. The number of anilines is 2. The van der Waals surface area contributed by atoms with Crippen molar-refractivity contribution in [1.82, 2.24) is 10.2 Å². The zero-order chi connectivity index (χ0) is 17.2. The van der Waals surface area contributed by atoms with Crippen LogP contribution in [0.2, 0.25) is 0 Å². The van der Waals surface area contributed by atoms with E-state index < -0.39 is 0 Å². The number of carbonyl (C=O) groups is 1. The monoisotopic (exact) mass is 342 g/mol. The third kappa shape index (κ3) is 3.28. The fourth-order valence-corrected chi connectivity index (χ4v) is 3.16. The van der Waals surface area contributed by atoms with Gasteiger partial charge in [0.1, 0.15) is 0 Å². The minimum absolute atomic E-state index is 0.00236. The number of aromatic amines is 1. The number of ether oxygens (including phenoxy) is 2. The first-order chi connectivity index (χ1) is 12.2. The molecule has 1 amide bonds. The number of nitrogens with one attached hydrogen (secondary N) is 2. The Balaban J connectivity index is 1.36. The van der Waals surface area contributed by atoms with Crippen molar-refractivity contribution in [3.8, 4) is 11.5 Å². The van der Waals surface area contributed by atoms with Crippen molar-refractivity contribution in [3.05, 3.63) is 40.8 Å². The van der Waals surface area contributed by atoms with E-state index in [4.69, 9.17) is 9.47 Å². The number of piperidine rings is 1. The highest BCUT2D eigenvalue weighted by molar-refractivity contribution is 5.93. The molecule has 0 spiro atoms. The van der Waals surface area contributed by atoms with Crippen LogP contribution in [0.3, 0.4) is 0 Å². The highest BCUT2D eigenvalue weighted by Gasteiger charge is 2.26. The van der Waals surface area contributed by atoms with E-state index in [-0.39, 0.29) is 24.2 Å². The Hall–Kier alpha value is -3.03. The van der Waals surface area contributed by atoms with Gasteiger partial charge in [-0.05, 0) is 25.0 Å². The lowest BCUT2D eigenvalue weighted by molar-refractivity contribution is -0.120. The molecule has 8 nitrogen and oxygen atoms in total. The van der Waals surface area contributed by atoms with Crippen LogP contribution in [0.1, 0.15) is 12.8 Å². The molecule has 2 aliphatic rings. The van der Waals surface area contributed by atoms with Crippen LogP contribution >= 0.6 is 0 Å². The summed E-state index contributed by atoms with van der Waals surface area (Å²) in [5.41, 5.74) is 1.27. The van der Waals surface area contributed by atoms with Crippen LogP contribution in [-0.2, 0) is 4.79 Å². The summed E-state index contributed by atoms with van der Waals surface area (Å²) in [5, 5.41) is 9.13. The van der Waals surface area contributed by atoms with Gasteiger partial charge in [0.2, 0.25) is 12.7 Å². The second-order valence-electron chi connectivity index (χ2n) is 6.12. The number of carbonyl (C=O) groups excluding carboxylic acids is 1. The summed E-state index contributed by atoms with van der Waals surface area (Å²) < 4.78 is 10.6. The maximum Gasteiger partial charge on any atom is 0.266 e. The molecule has 1 fully saturated rings. The van der Waals surface area contributed by atoms with Gasteiger partial charge in [-0.2, -0.15) is 5.10 Å². The summed E-state index contributed by atoms with van der Waals surface area (Å²) in [5.74, 6) is 1.28. The van der Waals surface area contributed by atoms with Gasteiger partial charge in [0, 0.05) is 36.8 Å². The van der Waals surface area contributed by atoms with E-state index in [1.54, 1.807) is 18.3 Å². The van der Waals surface area contributed by atoms with Crippen molar-refractivity contribution in [1.29, 1.82) is 0 Å². The Morgan fingerprint density at radius 2 is 2.00 bits per heavy atom. The van der Waals surface area contributed by atoms with Crippen molar-refractivity contribution in [3.63, 3.8) is 0 Å². The molecule has 3 heterocycles. The molecule has 0 radical (unpaired) electrons. The zero-order valence-corrected chi connectivity index (χ0v) is 13.5. The molecule has 0 unspecified atom stereocenters. The predicted octanol–water partition coefficient (Wildman–Crippen LogP) is 1.35. The van der Waals surface area contributed by atoms with Crippen molar-refractivity contribution >= 4 is 17.3 Å². The van der Waals surface area contributed by atoms with Gasteiger partial charge in [-0.3, -0.25) is 9.59 Å². The van der Waals surface area contributed by atoms with E-state index in [0.717, 1.165) is 18.5 Å². The molecule has 0 saturated carbocycles. The van der Waals surface area contributed by atoms with E-state index in [0.29, 0.717) is 30.3 Å². The molecule has 0 atom stereocenters. The fraction of sp³-hybridized carbons (Fsp3) is 0.353. The number of H-pyrrole nitrogens is 1. The summed E-state index contributed by atoms with van der Waals surface area (Å²) in [6.07, 6.45) is 3.08. The number of rotatable bonds is 3. The molecule has 4 rings (SSSR count). The van der Waals surface area contributed by atoms with Crippen molar-refractivity contribution < 1.29 is 14.3 Å². The number of hydrogen-bond acceptors (Lipinski definition) is 6. The van der Waals surface area contributed by atoms with Gasteiger partial charge in [0.05, 0.1) is 11.9 Å². The summed E-state index contributed by atoms with van der Waals surface area (Å²) in [4.78, 5) is 25.9. The van der Waals surface area contributed by atoms with E-state index in [9.17, 15) is 9.59 Å². The Morgan fingerprint density at radius 1 is 1.20 bits per heavy atom. The van der Waals surface area contributed by atoms with Crippen LogP contribution in [0.5, 0.6) is 11.5 Å². The summed E-state index contributed by atoms with van der Waals surface area (Å²) in [6, 6.07) is 6.90. The number of fused-ring (bicyclic) bond motifs is 1. The van der Waals surface area contributed by atoms with Crippen molar-refractivity contribution in [2.75, 3.05) is 30.1 Å². The average molecular weight is 342 g/mol. The fourth-order valence-electron chi connectivity index (χ4n) is 3.16. The van der Waals surface area contributed by atoms with Crippen molar-refractivity contribution in [2.45, 2.75) is 12.8 Å². The second kappa shape index (κ2) is 6.46. The maximum atomic E-state index is 12.5. The van der Waals surface area contributed by atoms with Gasteiger partial charge in [0.25, 0.3) is 5.56 Å². The molecule has 2 N–H and O–H groups in total. The van der Waals surface area contributed by atoms with Crippen LogP contribution in [-0.4, -0.2) is 36.0 Å². The molecule has 1 saturated heterocycles. The van der Waals surface area contributed by atoms with E-state index in [1.807, 2.05) is 6.07 Å². The lowest BCUT2D eigenvalue weighted by atomic mass is 9.95. The lowest BCUT2D eigenvalue weighted by Gasteiger charge is -2.32. The highest BCUT2D eigenvalue weighted by atomic mass is 16.7. The first-order valence-electron chi connectivity index (χ1n) is 8.19. The van der Waals surface area contributed by atoms with Gasteiger partial charge >= 0.3 is 0 Å². The minimum Gasteiger partial charge on any atom is -0.454 e. The van der Waals surface area contributed by atoms with E-state index in [1.165, 1.54) is 6.07 Å². The molecule has 0 aliphatic carbocycles. The largest absolute Gasteiger partial charge is 0.454 e. The molecule has 2 aromatic rings. The molecule has 0 bridgehead atoms. The molecular formula is C17H18N4O4. The van der Waals surface area contributed by atoms with Crippen LogP contribution in [0, 0.1) is 5.92 Å². The number of hydrogen-bond donors (Lipinski definition) is 2. The van der Waals surface area contributed by atoms with E-state index >= 15 is 0 Å². The smallest absolute Gasteiger partial charge is 0.266 e. The van der Waals surface area contributed by atoms with Crippen LogP contribution in [0.25, 0.3) is 0 Å². The van der Waals surface area contributed by atoms with Gasteiger partial charge in [-0.25, -0.2) is 5.10 Å². The zero-order valence-electron chi connectivity index (χ0n) is 13.5.